The first-order valence-corrected chi connectivity index (χ1v) is 14.5. The predicted octanol–water partition coefficient (Wildman–Crippen LogP) is 2.74. The Bertz CT molecular complexity index is 1060. The molecule has 9 nitrogen and oxygen atoms in total. The molecule has 0 aliphatic carbocycles. The summed E-state index contributed by atoms with van der Waals surface area (Å²) < 4.78 is 39.1. The van der Waals surface area contributed by atoms with E-state index in [1.807, 2.05) is 30.3 Å². The molecule has 196 valence electrons. The summed E-state index contributed by atoms with van der Waals surface area (Å²) in [5, 5.41) is 0. The van der Waals surface area contributed by atoms with Gasteiger partial charge in [-0.25, -0.2) is 18.7 Å². The minimum absolute atomic E-state index is 0.145. The van der Waals surface area contributed by atoms with E-state index < -0.39 is 22.2 Å². The lowest BCUT2D eigenvalue weighted by molar-refractivity contribution is -0.200. The Balaban J connectivity index is 1.42. The van der Waals surface area contributed by atoms with Gasteiger partial charge in [0.1, 0.15) is 0 Å². The van der Waals surface area contributed by atoms with Crippen LogP contribution in [-0.4, -0.2) is 82.4 Å². The molecule has 1 atom stereocenters. The van der Waals surface area contributed by atoms with Gasteiger partial charge in [0, 0.05) is 49.0 Å². The largest absolute Gasteiger partial charge is 0.379 e. The van der Waals surface area contributed by atoms with E-state index >= 15 is 0 Å². The minimum atomic E-state index is -3.91. The van der Waals surface area contributed by atoms with Crippen LogP contribution in [0.25, 0.3) is 0 Å². The van der Waals surface area contributed by atoms with Crippen LogP contribution < -0.4 is 5.48 Å². The first-order chi connectivity index (χ1) is 17.5. The van der Waals surface area contributed by atoms with Crippen molar-refractivity contribution in [3.05, 3.63) is 54.6 Å². The molecule has 1 N–H and O–H groups in total. The van der Waals surface area contributed by atoms with Crippen molar-refractivity contribution < 1.29 is 27.5 Å². The predicted molar refractivity (Wildman–Crippen MR) is 136 cm³/mol. The Hall–Kier alpha value is -1.99. The minimum Gasteiger partial charge on any atom is -0.379 e. The molecule has 2 aromatic carbocycles. The summed E-state index contributed by atoms with van der Waals surface area (Å²) in [5.41, 5.74) is 2.37. The number of ether oxygens (including phenoxy) is 2. The number of rotatable bonds is 11. The number of sulfonamides is 1. The topological polar surface area (TPSA) is 97.4 Å². The van der Waals surface area contributed by atoms with Crippen molar-refractivity contribution in [2.75, 3.05) is 52.5 Å². The molecule has 2 heterocycles. The highest BCUT2D eigenvalue weighted by Gasteiger charge is 2.28. The molecular formula is C25H33N3O6S2. The van der Waals surface area contributed by atoms with Crippen LogP contribution in [0.1, 0.15) is 19.3 Å². The Kier molecular flexibility index (Phi) is 10.2. The second-order valence-corrected chi connectivity index (χ2v) is 11.7. The molecule has 1 amide bonds. The zero-order chi connectivity index (χ0) is 25.2. The van der Waals surface area contributed by atoms with E-state index in [0.717, 1.165) is 35.7 Å². The van der Waals surface area contributed by atoms with Crippen LogP contribution in [-0.2, 0) is 29.1 Å². The fourth-order valence-corrected chi connectivity index (χ4v) is 6.17. The van der Waals surface area contributed by atoms with Gasteiger partial charge < -0.3 is 9.47 Å². The quantitative estimate of drug-likeness (QED) is 0.439. The van der Waals surface area contributed by atoms with Gasteiger partial charge in [0.05, 0.1) is 24.7 Å². The van der Waals surface area contributed by atoms with Gasteiger partial charge >= 0.3 is 0 Å². The van der Waals surface area contributed by atoms with E-state index in [1.165, 1.54) is 4.31 Å². The van der Waals surface area contributed by atoms with Crippen molar-refractivity contribution in [1.82, 2.24) is 14.7 Å². The average Bonchev–Trinajstić information content (AvgIpc) is 2.92. The third-order valence-electron chi connectivity index (χ3n) is 5.97. The molecule has 0 saturated carbocycles. The molecule has 2 aliphatic rings. The normalized spacial score (nSPS) is 19.3. The molecule has 0 bridgehead atoms. The Labute approximate surface area is 217 Å². The van der Waals surface area contributed by atoms with Crippen LogP contribution >= 0.6 is 11.8 Å². The maximum absolute atomic E-state index is 13.5. The molecule has 2 aliphatic heterocycles. The number of amides is 1. The van der Waals surface area contributed by atoms with E-state index in [4.69, 9.17) is 14.3 Å². The molecule has 0 radical (unpaired) electrons. The number of hydroxylamine groups is 1. The number of carbonyl (C=O) groups excluding carboxylic acids is 1. The van der Waals surface area contributed by atoms with Crippen molar-refractivity contribution in [3.63, 3.8) is 0 Å². The number of benzene rings is 2. The maximum Gasteiger partial charge on any atom is 0.258 e. The van der Waals surface area contributed by atoms with Crippen LogP contribution in [0.15, 0.2) is 69.3 Å². The summed E-state index contributed by atoms with van der Waals surface area (Å²) in [6, 6.07) is 16.6. The van der Waals surface area contributed by atoms with Gasteiger partial charge in [0.15, 0.2) is 6.29 Å². The van der Waals surface area contributed by atoms with E-state index in [-0.39, 0.29) is 18.0 Å². The molecule has 2 aromatic rings. The second-order valence-electron chi connectivity index (χ2n) is 8.62. The SMILES string of the molecule is O=C(CN(CCN1CCOCC1)S(=O)(=O)c1ccc(Sc2ccccc2)cc1)NOC1CCCCO1. The lowest BCUT2D eigenvalue weighted by atomic mass is 10.2. The highest BCUT2D eigenvalue weighted by Crippen LogP contribution is 2.28. The third-order valence-corrected chi connectivity index (χ3v) is 8.85. The number of nitrogens with one attached hydrogen (secondary N) is 1. The summed E-state index contributed by atoms with van der Waals surface area (Å²) in [6.45, 7) is 3.60. The molecule has 1 unspecified atom stereocenters. The van der Waals surface area contributed by atoms with Crippen molar-refractivity contribution in [2.24, 2.45) is 0 Å². The molecule has 36 heavy (non-hydrogen) atoms. The van der Waals surface area contributed by atoms with Crippen LogP contribution in [0.5, 0.6) is 0 Å². The van der Waals surface area contributed by atoms with Gasteiger partial charge in [-0.15, -0.1) is 0 Å². The van der Waals surface area contributed by atoms with E-state index in [0.29, 0.717) is 32.8 Å². The zero-order valence-corrected chi connectivity index (χ0v) is 21.8. The van der Waals surface area contributed by atoms with Crippen molar-refractivity contribution >= 4 is 27.7 Å². The monoisotopic (exact) mass is 535 g/mol. The first kappa shape index (κ1) is 27.1. The van der Waals surface area contributed by atoms with Gasteiger partial charge in [0.25, 0.3) is 5.91 Å². The van der Waals surface area contributed by atoms with Gasteiger partial charge in [-0.05, 0) is 49.2 Å². The maximum atomic E-state index is 13.5. The van der Waals surface area contributed by atoms with Crippen molar-refractivity contribution in [3.8, 4) is 0 Å². The van der Waals surface area contributed by atoms with Crippen LogP contribution in [0.4, 0.5) is 0 Å². The van der Waals surface area contributed by atoms with Gasteiger partial charge in [-0.1, -0.05) is 30.0 Å². The van der Waals surface area contributed by atoms with E-state index in [2.05, 4.69) is 10.4 Å². The standard InChI is InChI=1S/C25H33N3O6S2/c29-24(26-34-25-8-4-5-17-33-25)20-28(14-13-27-15-18-32-19-16-27)36(30,31)23-11-9-22(10-12-23)35-21-6-2-1-3-7-21/h1-3,6-7,9-12,25H,4-5,8,13-20H2,(H,26,29). The molecule has 0 spiro atoms. The van der Waals surface area contributed by atoms with Crippen LogP contribution in [0.3, 0.4) is 0 Å². The average molecular weight is 536 g/mol. The van der Waals surface area contributed by atoms with E-state index in [9.17, 15) is 13.2 Å². The number of carbonyl (C=O) groups is 1. The smallest absolute Gasteiger partial charge is 0.258 e. The summed E-state index contributed by atoms with van der Waals surface area (Å²) in [4.78, 5) is 22.3. The summed E-state index contributed by atoms with van der Waals surface area (Å²) >= 11 is 1.56. The van der Waals surface area contributed by atoms with Gasteiger partial charge in [0.2, 0.25) is 10.0 Å². The summed E-state index contributed by atoms with van der Waals surface area (Å²) in [7, 11) is -3.91. The molecule has 4 rings (SSSR count). The van der Waals surface area contributed by atoms with Gasteiger partial charge in [-0.2, -0.15) is 4.31 Å². The molecule has 2 saturated heterocycles. The Morgan fingerprint density at radius 2 is 1.75 bits per heavy atom. The fourth-order valence-electron chi connectivity index (χ4n) is 3.94. The number of hydrogen-bond donors (Lipinski definition) is 1. The van der Waals surface area contributed by atoms with Crippen LogP contribution in [0, 0.1) is 0 Å². The van der Waals surface area contributed by atoms with Crippen LogP contribution in [0.2, 0.25) is 0 Å². The van der Waals surface area contributed by atoms with Crippen molar-refractivity contribution in [2.45, 2.75) is 40.2 Å². The molecule has 2 fully saturated rings. The molecule has 11 heteroatoms. The lowest BCUT2D eigenvalue weighted by Crippen LogP contribution is -2.46. The van der Waals surface area contributed by atoms with Gasteiger partial charge in [-0.3, -0.25) is 9.69 Å². The first-order valence-electron chi connectivity index (χ1n) is 12.2. The Morgan fingerprint density at radius 1 is 1.03 bits per heavy atom. The fraction of sp³-hybridized carbons (Fsp3) is 0.480. The summed E-state index contributed by atoms with van der Waals surface area (Å²) in [6.07, 6.45) is 2.10. The number of morpholine rings is 1. The molecular weight excluding hydrogens is 502 g/mol. The second kappa shape index (κ2) is 13.5. The zero-order valence-electron chi connectivity index (χ0n) is 20.2. The third kappa shape index (κ3) is 8.01. The van der Waals surface area contributed by atoms with E-state index in [1.54, 1.807) is 36.0 Å². The summed E-state index contributed by atoms with van der Waals surface area (Å²) in [5.74, 6) is -0.536. The molecule has 0 aromatic heterocycles. The lowest BCUT2D eigenvalue weighted by Gasteiger charge is -2.29. The number of nitrogens with zero attached hydrogens (tertiary/aromatic N) is 2. The Morgan fingerprint density at radius 3 is 2.44 bits per heavy atom. The highest BCUT2D eigenvalue weighted by molar-refractivity contribution is 7.99. The van der Waals surface area contributed by atoms with Crippen molar-refractivity contribution in [1.29, 1.82) is 0 Å². The number of hydrogen-bond acceptors (Lipinski definition) is 8. The highest BCUT2D eigenvalue weighted by atomic mass is 32.2.